The molecule has 3 aromatic heterocycles. The first-order valence-electron chi connectivity index (χ1n) is 11.0. The fourth-order valence-corrected chi connectivity index (χ4v) is 4.16. The van der Waals surface area contributed by atoms with Crippen molar-refractivity contribution in [1.29, 1.82) is 0 Å². The number of nitrogens with zero attached hydrogens (tertiary/aromatic N) is 4. The van der Waals surface area contributed by atoms with E-state index < -0.39 is 18.1 Å². The molecule has 1 aromatic carbocycles. The molecule has 35 heavy (non-hydrogen) atoms. The number of pyridine rings is 1. The minimum Gasteiger partial charge on any atom is -0.490 e. The zero-order chi connectivity index (χ0) is 26.7. The van der Waals surface area contributed by atoms with Gasteiger partial charge in [-0.1, -0.05) is 46.5 Å². The molecule has 13 heteroatoms. The Morgan fingerprint density at radius 2 is 1.97 bits per heavy atom. The van der Waals surface area contributed by atoms with Crippen molar-refractivity contribution in [2.45, 2.75) is 25.0 Å². The van der Waals surface area contributed by atoms with Crippen molar-refractivity contribution in [1.82, 2.24) is 24.8 Å². The van der Waals surface area contributed by atoms with Crippen molar-refractivity contribution in [3.05, 3.63) is 63.5 Å². The number of ether oxygens (including phenoxy) is 1. The minimum atomic E-state index is -4.58. The second kappa shape index (κ2) is 8.92. The van der Waals surface area contributed by atoms with Crippen LogP contribution in [0, 0.1) is 0 Å². The summed E-state index contributed by atoms with van der Waals surface area (Å²) in [4.78, 5) is 8.45. The molecule has 1 saturated heterocycles. The zero-order valence-corrected chi connectivity index (χ0v) is 19.7. The molecule has 1 fully saturated rings. The Labute approximate surface area is 214 Å². The van der Waals surface area contributed by atoms with E-state index in [0.717, 1.165) is 16.7 Å². The third-order valence-corrected chi connectivity index (χ3v) is 6.01. The summed E-state index contributed by atoms with van der Waals surface area (Å²) < 4.78 is 67.2. The van der Waals surface area contributed by atoms with Crippen LogP contribution in [0.25, 0.3) is 28.6 Å². The van der Waals surface area contributed by atoms with Crippen molar-refractivity contribution in [3.8, 4) is 28.7 Å². The highest BCUT2D eigenvalue weighted by Gasteiger charge is 2.32. The van der Waals surface area contributed by atoms with Crippen molar-refractivity contribution >= 4 is 40.4 Å². The van der Waals surface area contributed by atoms with Gasteiger partial charge in [-0.25, -0.2) is 4.98 Å². The Morgan fingerprint density at radius 1 is 1.17 bits per heavy atom. The van der Waals surface area contributed by atoms with Crippen molar-refractivity contribution < 1.29 is 25.2 Å². The molecule has 1 aliphatic heterocycles. The van der Waals surface area contributed by atoms with Crippen LogP contribution in [0.5, 0.6) is 5.75 Å². The second-order valence-corrected chi connectivity index (χ2v) is 8.85. The fourth-order valence-electron chi connectivity index (χ4n) is 3.45. The number of alkyl halides is 3. The van der Waals surface area contributed by atoms with E-state index in [0.29, 0.717) is 11.3 Å². The number of halogens is 6. The van der Waals surface area contributed by atoms with E-state index in [-0.39, 0.29) is 62.9 Å². The highest BCUT2D eigenvalue weighted by Crippen LogP contribution is 2.37. The summed E-state index contributed by atoms with van der Waals surface area (Å²) in [5, 5.41) is 6.98. The quantitative estimate of drug-likeness (QED) is 0.301. The first-order chi connectivity index (χ1) is 17.3. The van der Waals surface area contributed by atoms with Gasteiger partial charge in [-0.15, -0.1) is 0 Å². The number of hydrogen-bond acceptors (Lipinski definition) is 6. The van der Waals surface area contributed by atoms with Gasteiger partial charge in [0.05, 0.1) is 32.2 Å². The monoisotopic (exact) mass is 545 g/mol. The highest BCUT2D eigenvalue weighted by molar-refractivity contribution is 6.36. The molecular weight excluding hydrogens is 530 g/mol. The van der Waals surface area contributed by atoms with Crippen molar-refractivity contribution in [3.63, 3.8) is 0 Å². The van der Waals surface area contributed by atoms with Crippen LogP contribution in [0.15, 0.2) is 47.4 Å². The first kappa shape index (κ1) is 21.3. The average molecular weight is 547 g/mol. The van der Waals surface area contributed by atoms with E-state index in [2.05, 4.69) is 27.0 Å². The van der Waals surface area contributed by atoms with Crippen LogP contribution in [-0.4, -0.2) is 32.2 Å². The van der Waals surface area contributed by atoms with Gasteiger partial charge in [0.25, 0.3) is 5.89 Å². The molecule has 7 nitrogen and oxygen atoms in total. The lowest BCUT2D eigenvalue weighted by Gasteiger charge is -2.14. The lowest BCUT2D eigenvalue weighted by Crippen LogP contribution is -2.27. The molecule has 4 heterocycles. The number of imidazole rings is 1. The predicted molar refractivity (Wildman–Crippen MR) is 125 cm³/mol. The summed E-state index contributed by atoms with van der Waals surface area (Å²) in [6.07, 6.45) is -3.75. The summed E-state index contributed by atoms with van der Waals surface area (Å²) in [7, 11) is 0. The molecule has 1 N–H and O–H groups in total. The first-order valence-corrected chi connectivity index (χ1v) is 11.1. The summed E-state index contributed by atoms with van der Waals surface area (Å²) in [6, 6.07) is 3.43. The third kappa shape index (κ3) is 4.78. The summed E-state index contributed by atoms with van der Waals surface area (Å²) in [5.74, 6) is 0.262. The van der Waals surface area contributed by atoms with E-state index in [1.807, 2.05) is 0 Å². The Hall–Kier alpha value is -2.95. The van der Waals surface area contributed by atoms with Crippen LogP contribution in [0.1, 0.15) is 21.1 Å². The van der Waals surface area contributed by atoms with Gasteiger partial charge < -0.3 is 19.0 Å². The Morgan fingerprint density at radius 3 is 2.69 bits per heavy atom. The molecular formula is C22H15Cl3F3N5O2. The van der Waals surface area contributed by atoms with Crippen molar-refractivity contribution in [2.75, 3.05) is 6.61 Å². The molecule has 0 spiro atoms. The van der Waals surface area contributed by atoms with Gasteiger partial charge in [0.2, 0.25) is 5.82 Å². The molecule has 4 aromatic rings. The largest absolute Gasteiger partial charge is 0.490 e. The highest BCUT2D eigenvalue weighted by atomic mass is 35.5. The van der Waals surface area contributed by atoms with Gasteiger partial charge in [0.15, 0.2) is 5.65 Å². The Bertz CT molecular complexity index is 1540. The number of fused-ring (bicyclic) bond motifs is 1. The molecule has 1 atom stereocenters. The topological polar surface area (TPSA) is 77.5 Å². The number of rotatable bonds is 5. The smallest absolute Gasteiger partial charge is 0.417 e. The third-order valence-electron chi connectivity index (χ3n) is 5.12. The SMILES string of the molecule is [2H]C1([2H])C[C@@H](COc2cc(Cl)c(-c3nc(-c4cn5cc(C(F)(F)F)cc(Cl)c5n4)no3)cc2Cl)NC1=C. The lowest BCUT2D eigenvalue weighted by atomic mass is 10.2. The number of hydrogen-bond donors (Lipinski definition) is 1. The molecule has 0 bridgehead atoms. The molecule has 0 saturated carbocycles. The van der Waals surface area contributed by atoms with E-state index >= 15 is 0 Å². The van der Waals surface area contributed by atoms with E-state index in [1.165, 1.54) is 18.3 Å². The van der Waals surface area contributed by atoms with Crippen LogP contribution in [0.3, 0.4) is 0 Å². The van der Waals surface area contributed by atoms with Crippen LogP contribution >= 0.6 is 34.8 Å². The number of aromatic nitrogens is 4. The van der Waals surface area contributed by atoms with Crippen LogP contribution in [0.2, 0.25) is 15.1 Å². The average Bonchev–Trinajstić information content (AvgIpc) is 3.51. The Balaban J connectivity index is 1.37. The van der Waals surface area contributed by atoms with Crippen molar-refractivity contribution in [2.24, 2.45) is 0 Å². The molecule has 0 amide bonds. The molecule has 5 rings (SSSR count). The van der Waals surface area contributed by atoms with Crippen LogP contribution in [0.4, 0.5) is 13.2 Å². The maximum absolute atomic E-state index is 13.1. The molecule has 1 aliphatic rings. The summed E-state index contributed by atoms with van der Waals surface area (Å²) in [6.45, 7) is 3.80. The van der Waals surface area contributed by atoms with Gasteiger partial charge in [-0.3, -0.25) is 0 Å². The molecule has 182 valence electrons. The van der Waals surface area contributed by atoms with Crippen LogP contribution < -0.4 is 10.1 Å². The lowest BCUT2D eigenvalue weighted by molar-refractivity contribution is -0.137. The van der Waals surface area contributed by atoms with Gasteiger partial charge in [-0.2, -0.15) is 18.2 Å². The number of nitrogens with one attached hydrogen (secondary N) is 1. The fraction of sp³-hybridized carbons (Fsp3) is 0.227. The number of allylic oxidation sites excluding steroid dienone is 1. The normalized spacial score (nSPS) is 18.5. The summed E-state index contributed by atoms with van der Waals surface area (Å²) in [5.41, 5.74) is -0.126. The standard InChI is InChI=1S/C22H15Cl3F3N5O2/c1-10-2-3-12(29-10)9-34-18-6-14(23)13(5-15(18)24)21-31-19(32-35-21)17-8-33-7-11(22(26,27)28)4-16(25)20(33)30-17/h4-8,12,29H,1-3,9H2/t12-/m0/s1/i2D2. The van der Waals surface area contributed by atoms with E-state index in [1.54, 1.807) is 0 Å². The van der Waals surface area contributed by atoms with Gasteiger partial charge >= 0.3 is 6.18 Å². The Kier molecular flexibility index (Phi) is 5.44. The summed E-state index contributed by atoms with van der Waals surface area (Å²) >= 11 is 18.8. The molecule has 0 aliphatic carbocycles. The van der Waals surface area contributed by atoms with Gasteiger partial charge in [0, 0.05) is 26.9 Å². The van der Waals surface area contributed by atoms with Gasteiger partial charge in [0.1, 0.15) is 18.1 Å². The maximum Gasteiger partial charge on any atom is 0.417 e. The number of benzene rings is 1. The second-order valence-electron chi connectivity index (χ2n) is 7.63. The molecule has 0 radical (unpaired) electrons. The zero-order valence-electron chi connectivity index (χ0n) is 19.5. The minimum absolute atomic E-state index is 0.00218. The molecule has 0 unspecified atom stereocenters. The van der Waals surface area contributed by atoms with Crippen LogP contribution in [-0.2, 0) is 6.18 Å². The van der Waals surface area contributed by atoms with E-state index in [9.17, 15) is 13.2 Å². The predicted octanol–water partition coefficient (Wildman–Crippen LogP) is 6.67. The van der Waals surface area contributed by atoms with Gasteiger partial charge in [-0.05, 0) is 24.9 Å². The maximum atomic E-state index is 13.1. The van der Waals surface area contributed by atoms with E-state index in [4.69, 9.17) is 46.8 Å².